The van der Waals surface area contributed by atoms with Crippen LogP contribution in [-0.2, 0) is 9.59 Å². The molecule has 2 amide bonds. The van der Waals surface area contributed by atoms with E-state index in [4.69, 9.17) is 0 Å². The molecule has 1 aromatic carbocycles. The van der Waals surface area contributed by atoms with Crippen molar-refractivity contribution in [3.05, 3.63) is 18.2 Å². The van der Waals surface area contributed by atoms with Crippen molar-refractivity contribution >= 4 is 17.5 Å². The van der Waals surface area contributed by atoms with E-state index in [1.165, 1.54) is 18.2 Å². The Hall–Kier alpha value is -2.38. The highest BCUT2D eigenvalue weighted by Gasteiger charge is 2.43. The van der Waals surface area contributed by atoms with Crippen molar-refractivity contribution in [2.24, 2.45) is 11.8 Å². The minimum atomic E-state index is -3.69. The van der Waals surface area contributed by atoms with Crippen molar-refractivity contribution in [1.29, 1.82) is 0 Å². The van der Waals surface area contributed by atoms with E-state index in [-0.39, 0.29) is 29.7 Å². The highest BCUT2D eigenvalue weighted by molar-refractivity contribution is 5.97. The average molecular weight is 340 g/mol. The van der Waals surface area contributed by atoms with E-state index < -0.39 is 12.2 Å². The number of amides is 2. The van der Waals surface area contributed by atoms with E-state index in [0.29, 0.717) is 24.7 Å². The standard InChI is InChI=1S/C16H18F2N2O4/c1-9(2)7-20-8-10(5-14(20)21)15(22)19-11-3-4-12-13(6-11)24-16(17,18)23-12/h3-4,6,9-10H,5,7-8H2,1-2H3,(H,19,22)/t10-/m0/s1. The molecule has 8 heteroatoms. The van der Waals surface area contributed by atoms with Crippen molar-refractivity contribution in [2.75, 3.05) is 18.4 Å². The second kappa shape index (κ2) is 5.92. The van der Waals surface area contributed by atoms with Gasteiger partial charge in [0.15, 0.2) is 11.5 Å². The molecule has 0 aromatic heterocycles. The van der Waals surface area contributed by atoms with Gasteiger partial charge in [-0.05, 0) is 18.1 Å². The number of benzene rings is 1. The van der Waals surface area contributed by atoms with Crippen LogP contribution in [0.2, 0.25) is 0 Å². The van der Waals surface area contributed by atoms with E-state index in [1.54, 1.807) is 4.90 Å². The molecule has 1 aromatic rings. The molecule has 6 nitrogen and oxygen atoms in total. The number of ether oxygens (including phenoxy) is 2. The summed E-state index contributed by atoms with van der Waals surface area (Å²) in [5, 5.41) is 2.64. The first-order valence-corrected chi connectivity index (χ1v) is 7.72. The lowest BCUT2D eigenvalue weighted by Gasteiger charge is -2.18. The first-order valence-electron chi connectivity index (χ1n) is 7.72. The summed E-state index contributed by atoms with van der Waals surface area (Å²) in [6.45, 7) is 4.99. The number of nitrogens with one attached hydrogen (secondary N) is 1. The Morgan fingerprint density at radius 2 is 2.08 bits per heavy atom. The van der Waals surface area contributed by atoms with E-state index in [0.717, 1.165) is 0 Å². The smallest absolute Gasteiger partial charge is 0.395 e. The molecule has 1 atom stereocenters. The molecular weight excluding hydrogens is 322 g/mol. The summed E-state index contributed by atoms with van der Waals surface area (Å²) in [5.74, 6) is -0.720. The summed E-state index contributed by atoms with van der Waals surface area (Å²) < 4.78 is 34.6. The molecule has 0 unspecified atom stereocenters. The van der Waals surface area contributed by atoms with E-state index in [9.17, 15) is 18.4 Å². The van der Waals surface area contributed by atoms with Crippen LogP contribution in [0.3, 0.4) is 0 Å². The summed E-state index contributed by atoms with van der Waals surface area (Å²) in [4.78, 5) is 25.9. The van der Waals surface area contributed by atoms with Gasteiger partial charge in [0.25, 0.3) is 0 Å². The van der Waals surface area contributed by atoms with Crippen LogP contribution in [0.4, 0.5) is 14.5 Å². The SMILES string of the molecule is CC(C)CN1C[C@@H](C(=O)Nc2ccc3c(c2)OC(F)(F)O3)CC1=O. The fourth-order valence-electron chi connectivity index (χ4n) is 2.84. The Kier molecular flexibility index (Phi) is 4.06. The number of nitrogens with zero attached hydrogens (tertiary/aromatic N) is 1. The largest absolute Gasteiger partial charge is 0.586 e. The summed E-state index contributed by atoms with van der Waals surface area (Å²) >= 11 is 0. The van der Waals surface area contributed by atoms with Gasteiger partial charge in [-0.3, -0.25) is 9.59 Å². The normalized spacial score (nSPS) is 21.5. The van der Waals surface area contributed by atoms with Crippen LogP contribution in [0, 0.1) is 11.8 Å². The van der Waals surface area contributed by atoms with Crippen LogP contribution in [0.25, 0.3) is 0 Å². The molecule has 1 saturated heterocycles. The monoisotopic (exact) mass is 340 g/mol. The van der Waals surface area contributed by atoms with Gasteiger partial charge in [-0.2, -0.15) is 0 Å². The molecule has 1 N–H and O–H groups in total. The highest BCUT2D eigenvalue weighted by Crippen LogP contribution is 2.42. The number of carbonyl (C=O) groups excluding carboxylic acids is 2. The summed E-state index contributed by atoms with van der Waals surface area (Å²) in [6.07, 6.45) is -3.54. The van der Waals surface area contributed by atoms with Gasteiger partial charge in [0.1, 0.15) is 0 Å². The predicted octanol–water partition coefficient (Wildman–Crippen LogP) is 2.45. The Labute approximate surface area is 137 Å². The fourth-order valence-corrected chi connectivity index (χ4v) is 2.84. The molecular formula is C16H18F2N2O4. The molecule has 0 aliphatic carbocycles. The lowest BCUT2D eigenvalue weighted by molar-refractivity contribution is -0.286. The number of fused-ring (bicyclic) bond motifs is 1. The Morgan fingerprint density at radius 1 is 1.38 bits per heavy atom. The van der Waals surface area contributed by atoms with Crippen molar-refractivity contribution in [2.45, 2.75) is 26.6 Å². The molecule has 130 valence electrons. The van der Waals surface area contributed by atoms with Crippen LogP contribution in [0.1, 0.15) is 20.3 Å². The van der Waals surface area contributed by atoms with Gasteiger partial charge in [0.05, 0.1) is 5.92 Å². The second-order valence-corrected chi connectivity index (χ2v) is 6.41. The third-order valence-electron chi connectivity index (χ3n) is 3.84. The van der Waals surface area contributed by atoms with Gasteiger partial charge in [-0.15, -0.1) is 8.78 Å². The molecule has 1 fully saturated rings. The van der Waals surface area contributed by atoms with E-state index in [1.807, 2.05) is 13.8 Å². The third kappa shape index (κ3) is 3.42. The fraction of sp³-hybridized carbons (Fsp3) is 0.500. The van der Waals surface area contributed by atoms with Gasteiger partial charge in [0, 0.05) is 31.3 Å². The first-order chi connectivity index (χ1) is 11.2. The first kappa shape index (κ1) is 16.5. The lowest BCUT2D eigenvalue weighted by Crippen LogP contribution is -2.31. The highest BCUT2D eigenvalue weighted by atomic mass is 19.3. The number of hydrogen-bond donors (Lipinski definition) is 1. The number of likely N-dealkylation sites (tertiary alicyclic amines) is 1. The molecule has 0 saturated carbocycles. The van der Waals surface area contributed by atoms with Gasteiger partial charge in [-0.1, -0.05) is 13.8 Å². The summed E-state index contributed by atoms with van der Waals surface area (Å²) in [6, 6.07) is 4.03. The zero-order chi connectivity index (χ0) is 17.5. The second-order valence-electron chi connectivity index (χ2n) is 6.41. The van der Waals surface area contributed by atoms with Crippen LogP contribution in [-0.4, -0.2) is 36.1 Å². The Bertz CT molecular complexity index is 678. The van der Waals surface area contributed by atoms with Crippen LogP contribution < -0.4 is 14.8 Å². The van der Waals surface area contributed by atoms with Gasteiger partial charge in [0.2, 0.25) is 11.8 Å². The Balaban J connectivity index is 1.63. The number of halogens is 2. The minimum absolute atomic E-state index is 0.0471. The van der Waals surface area contributed by atoms with Crippen molar-refractivity contribution < 1.29 is 27.8 Å². The minimum Gasteiger partial charge on any atom is -0.395 e. The number of rotatable bonds is 4. The molecule has 3 rings (SSSR count). The number of alkyl halides is 2. The van der Waals surface area contributed by atoms with Crippen LogP contribution >= 0.6 is 0 Å². The lowest BCUT2D eigenvalue weighted by atomic mass is 10.1. The van der Waals surface area contributed by atoms with Crippen LogP contribution in [0.15, 0.2) is 18.2 Å². The molecule has 2 heterocycles. The maximum Gasteiger partial charge on any atom is 0.586 e. The van der Waals surface area contributed by atoms with Gasteiger partial charge < -0.3 is 19.7 Å². The quantitative estimate of drug-likeness (QED) is 0.914. The molecule has 24 heavy (non-hydrogen) atoms. The molecule has 2 aliphatic heterocycles. The van der Waals surface area contributed by atoms with Crippen LogP contribution in [0.5, 0.6) is 11.5 Å². The summed E-state index contributed by atoms with van der Waals surface area (Å²) in [5.41, 5.74) is 0.315. The molecule has 2 aliphatic rings. The average Bonchev–Trinajstić information content (AvgIpc) is 2.96. The van der Waals surface area contributed by atoms with E-state index >= 15 is 0 Å². The number of hydrogen-bond acceptors (Lipinski definition) is 4. The zero-order valence-corrected chi connectivity index (χ0v) is 13.3. The summed E-state index contributed by atoms with van der Waals surface area (Å²) in [7, 11) is 0. The van der Waals surface area contributed by atoms with Gasteiger partial charge in [-0.25, -0.2) is 0 Å². The zero-order valence-electron chi connectivity index (χ0n) is 13.3. The van der Waals surface area contributed by atoms with Gasteiger partial charge >= 0.3 is 6.29 Å². The van der Waals surface area contributed by atoms with Crippen molar-refractivity contribution in [3.63, 3.8) is 0 Å². The maximum atomic E-state index is 13.0. The Morgan fingerprint density at radius 3 is 2.79 bits per heavy atom. The maximum absolute atomic E-state index is 13.0. The molecule has 0 spiro atoms. The topological polar surface area (TPSA) is 67.9 Å². The number of anilines is 1. The molecule has 0 radical (unpaired) electrons. The third-order valence-corrected chi connectivity index (χ3v) is 3.84. The predicted molar refractivity (Wildman–Crippen MR) is 80.8 cm³/mol. The van der Waals surface area contributed by atoms with Crippen molar-refractivity contribution in [3.8, 4) is 11.5 Å². The number of carbonyl (C=O) groups is 2. The molecule has 0 bridgehead atoms. The van der Waals surface area contributed by atoms with Crippen molar-refractivity contribution in [1.82, 2.24) is 4.90 Å². The van der Waals surface area contributed by atoms with E-state index in [2.05, 4.69) is 14.8 Å².